The Balaban J connectivity index is -0.000000721. The third-order valence-electron chi connectivity index (χ3n) is 5.41. The molecule has 0 radical (unpaired) electrons. The van der Waals surface area contributed by atoms with Crippen molar-refractivity contribution >= 4 is 23.3 Å². The standard InChI is InChI=1S/C27H41N3O3.C3H8.3C2H6/c1-6-9-14-30(19-21-12-10-13-23(16-21)22(8-3)11-7-2)26(32)18-29-27(33)24(15-20(4)5)17-25(28)31;1-3-2;3*1-2/h7-8,10-13,16,20,24H,6,9,14-15,17-19H2,1-5H3,(H2,28,31)(H,29,33);3H2,1-2H3;3*1-2H3/b11-7-,22-8+;;;;. The van der Waals surface area contributed by atoms with Crippen LogP contribution in [-0.2, 0) is 20.9 Å². The highest BCUT2D eigenvalue weighted by molar-refractivity contribution is 5.88. The molecule has 0 aliphatic rings. The van der Waals surface area contributed by atoms with Crippen LogP contribution in [0, 0.1) is 11.8 Å². The molecule has 1 aromatic carbocycles. The Labute approximate surface area is 260 Å². The number of primary amides is 1. The number of nitrogens with zero attached hydrogens (tertiary/aromatic N) is 1. The average Bonchev–Trinajstić information content (AvgIpc) is 2.99. The summed E-state index contributed by atoms with van der Waals surface area (Å²) in [5.74, 6) is -1.21. The number of benzene rings is 1. The summed E-state index contributed by atoms with van der Waals surface area (Å²) in [4.78, 5) is 38.8. The van der Waals surface area contributed by atoms with Gasteiger partial charge in [0.25, 0.3) is 0 Å². The number of rotatable bonds is 14. The van der Waals surface area contributed by atoms with Gasteiger partial charge in [0.2, 0.25) is 17.7 Å². The quantitative estimate of drug-likeness (QED) is 0.212. The maximum atomic E-state index is 13.0. The number of hydrogen-bond acceptors (Lipinski definition) is 3. The molecule has 244 valence electrons. The van der Waals surface area contributed by atoms with E-state index in [2.05, 4.69) is 50.4 Å². The molecule has 1 aromatic rings. The molecule has 1 rings (SSSR count). The highest BCUT2D eigenvalue weighted by Crippen LogP contribution is 2.19. The Morgan fingerprint density at radius 1 is 0.976 bits per heavy atom. The Morgan fingerprint density at radius 2 is 1.55 bits per heavy atom. The van der Waals surface area contributed by atoms with Gasteiger partial charge in [-0.3, -0.25) is 14.4 Å². The summed E-state index contributed by atoms with van der Waals surface area (Å²) < 4.78 is 0. The number of nitrogens with two attached hydrogens (primary N) is 1. The van der Waals surface area contributed by atoms with Gasteiger partial charge in [0.05, 0.1) is 6.54 Å². The lowest BCUT2D eigenvalue weighted by molar-refractivity contribution is -0.135. The van der Waals surface area contributed by atoms with Crippen molar-refractivity contribution in [3.8, 4) is 0 Å². The second kappa shape index (κ2) is 32.6. The van der Waals surface area contributed by atoms with Crippen LogP contribution in [0.3, 0.4) is 0 Å². The molecule has 6 nitrogen and oxygen atoms in total. The minimum Gasteiger partial charge on any atom is -0.370 e. The zero-order valence-electron chi connectivity index (χ0n) is 29.6. The molecule has 0 saturated heterocycles. The van der Waals surface area contributed by atoms with Crippen molar-refractivity contribution in [2.45, 2.75) is 129 Å². The number of carbonyl (C=O) groups is 3. The highest BCUT2D eigenvalue weighted by atomic mass is 16.2. The zero-order chi connectivity index (χ0) is 33.5. The predicted molar refractivity (Wildman–Crippen MR) is 185 cm³/mol. The number of allylic oxidation sites excluding steroid dienone is 4. The Hall–Kier alpha value is -2.89. The van der Waals surface area contributed by atoms with Crippen LogP contribution < -0.4 is 11.1 Å². The van der Waals surface area contributed by atoms with Crippen LogP contribution >= 0.6 is 0 Å². The van der Waals surface area contributed by atoms with Crippen molar-refractivity contribution in [2.24, 2.45) is 17.6 Å². The van der Waals surface area contributed by atoms with Gasteiger partial charge in [-0.25, -0.2) is 0 Å². The second-order valence-corrected chi connectivity index (χ2v) is 9.54. The molecule has 0 aliphatic heterocycles. The first kappa shape index (κ1) is 46.1. The summed E-state index contributed by atoms with van der Waals surface area (Å²) in [6.45, 7) is 27.3. The Bertz CT molecular complexity index is 860. The van der Waals surface area contributed by atoms with Gasteiger partial charge >= 0.3 is 0 Å². The number of unbranched alkanes of at least 4 members (excludes halogenated alkanes) is 1. The topological polar surface area (TPSA) is 92.5 Å². The molecular weight excluding hydrogens is 522 g/mol. The van der Waals surface area contributed by atoms with Gasteiger partial charge in [-0.1, -0.05) is 125 Å². The van der Waals surface area contributed by atoms with Gasteiger partial charge in [0.15, 0.2) is 0 Å². The van der Waals surface area contributed by atoms with E-state index in [1.54, 1.807) is 4.90 Å². The van der Waals surface area contributed by atoms with Gasteiger partial charge in [-0.15, -0.1) is 0 Å². The van der Waals surface area contributed by atoms with E-state index in [0.29, 0.717) is 19.5 Å². The lowest BCUT2D eigenvalue weighted by Gasteiger charge is -2.24. The first-order valence-corrected chi connectivity index (χ1v) is 16.3. The molecule has 0 bridgehead atoms. The van der Waals surface area contributed by atoms with E-state index >= 15 is 0 Å². The van der Waals surface area contributed by atoms with Crippen molar-refractivity contribution in [1.29, 1.82) is 0 Å². The van der Waals surface area contributed by atoms with Gasteiger partial charge in [0.1, 0.15) is 0 Å². The molecule has 0 heterocycles. The Morgan fingerprint density at radius 3 is 2.00 bits per heavy atom. The molecule has 1 atom stereocenters. The van der Waals surface area contributed by atoms with Gasteiger partial charge < -0.3 is 16.0 Å². The van der Waals surface area contributed by atoms with E-state index in [1.807, 2.05) is 87.4 Å². The van der Waals surface area contributed by atoms with E-state index in [0.717, 1.165) is 29.5 Å². The van der Waals surface area contributed by atoms with Crippen molar-refractivity contribution in [3.05, 3.63) is 53.6 Å². The smallest absolute Gasteiger partial charge is 0.242 e. The van der Waals surface area contributed by atoms with E-state index in [-0.39, 0.29) is 30.7 Å². The van der Waals surface area contributed by atoms with E-state index < -0.39 is 11.8 Å². The van der Waals surface area contributed by atoms with E-state index in [4.69, 9.17) is 5.73 Å². The first-order valence-electron chi connectivity index (χ1n) is 16.3. The van der Waals surface area contributed by atoms with Crippen LogP contribution in [0.15, 0.2) is 42.5 Å². The fourth-order valence-corrected chi connectivity index (χ4v) is 3.76. The molecule has 42 heavy (non-hydrogen) atoms. The van der Waals surface area contributed by atoms with E-state index in [9.17, 15) is 14.4 Å². The van der Waals surface area contributed by atoms with Crippen LogP contribution in [0.4, 0.5) is 0 Å². The molecule has 0 spiro atoms. The maximum absolute atomic E-state index is 13.0. The molecule has 1 unspecified atom stereocenters. The minimum absolute atomic E-state index is 0.00989. The van der Waals surface area contributed by atoms with Crippen LogP contribution in [0.5, 0.6) is 0 Å². The SMILES string of the molecule is C/C=C\C(=C/C)c1cccc(CN(CCCC)C(=O)CNC(=O)C(CC(N)=O)CC(C)C)c1.CC.CC.CC.CCC. The van der Waals surface area contributed by atoms with Gasteiger partial charge in [-0.05, 0) is 55.4 Å². The van der Waals surface area contributed by atoms with Gasteiger partial charge in [0, 0.05) is 25.4 Å². The van der Waals surface area contributed by atoms with Crippen molar-refractivity contribution < 1.29 is 14.4 Å². The fourth-order valence-electron chi connectivity index (χ4n) is 3.76. The lowest BCUT2D eigenvalue weighted by atomic mass is 9.93. The normalized spacial score (nSPS) is 10.9. The lowest BCUT2D eigenvalue weighted by Crippen LogP contribution is -2.43. The summed E-state index contributed by atoms with van der Waals surface area (Å²) in [6, 6.07) is 8.18. The molecule has 0 aromatic heterocycles. The summed E-state index contributed by atoms with van der Waals surface area (Å²) in [7, 11) is 0. The average molecular weight is 590 g/mol. The van der Waals surface area contributed by atoms with Gasteiger partial charge in [-0.2, -0.15) is 0 Å². The third-order valence-corrected chi connectivity index (χ3v) is 5.41. The largest absolute Gasteiger partial charge is 0.370 e. The molecule has 3 amide bonds. The molecule has 6 heteroatoms. The number of carbonyl (C=O) groups excluding carboxylic acids is 3. The highest BCUT2D eigenvalue weighted by Gasteiger charge is 2.23. The first-order chi connectivity index (χ1) is 20.1. The van der Waals surface area contributed by atoms with E-state index in [1.165, 1.54) is 6.42 Å². The van der Waals surface area contributed by atoms with Crippen molar-refractivity contribution in [3.63, 3.8) is 0 Å². The summed E-state index contributed by atoms with van der Waals surface area (Å²) in [5, 5.41) is 2.74. The maximum Gasteiger partial charge on any atom is 0.242 e. The van der Waals surface area contributed by atoms with Crippen molar-refractivity contribution in [2.75, 3.05) is 13.1 Å². The monoisotopic (exact) mass is 590 g/mol. The third kappa shape index (κ3) is 23.8. The fraction of sp³-hybridized carbons (Fsp3) is 0.639. The van der Waals surface area contributed by atoms with Crippen molar-refractivity contribution in [1.82, 2.24) is 10.2 Å². The number of nitrogens with one attached hydrogen (secondary N) is 1. The number of hydrogen-bond donors (Lipinski definition) is 2. The van der Waals surface area contributed by atoms with Crippen LogP contribution in [0.1, 0.15) is 133 Å². The molecule has 0 fully saturated rings. The molecule has 3 N–H and O–H groups in total. The molecular formula is C36H67N3O3. The zero-order valence-corrected chi connectivity index (χ0v) is 29.6. The molecule has 0 saturated carbocycles. The number of amides is 3. The summed E-state index contributed by atoms with van der Waals surface area (Å²) in [5.41, 5.74) is 8.58. The van der Waals surface area contributed by atoms with Crippen LogP contribution in [0.25, 0.3) is 5.57 Å². The predicted octanol–water partition coefficient (Wildman–Crippen LogP) is 8.94. The minimum atomic E-state index is -0.512. The van der Waals surface area contributed by atoms with Crippen LogP contribution in [0.2, 0.25) is 0 Å². The summed E-state index contributed by atoms with van der Waals surface area (Å²) in [6.07, 6.45) is 9.78. The summed E-state index contributed by atoms with van der Waals surface area (Å²) >= 11 is 0. The van der Waals surface area contributed by atoms with Crippen LogP contribution in [-0.4, -0.2) is 35.7 Å². The molecule has 0 aliphatic carbocycles. The second-order valence-electron chi connectivity index (χ2n) is 9.54. The Kier molecular flexibility index (Phi) is 35.8.